The molecule has 0 spiro atoms. The first kappa shape index (κ1) is 17.4. The van der Waals surface area contributed by atoms with Gasteiger partial charge in [-0.15, -0.1) is 0 Å². The molecular weight excluding hydrogens is 376 g/mol. The number of aliphatic hydroxyl groups is 1. The molecule has 7 nitrogen and oxygen atoms in total. The number of sulfonamides is 1. The van der Waals surface area contributed by atoms with Gasteiger partial charge in [-0.3, -0.25) is 4.99 Å². The molecule has 9 heteroatoms. The number of aliphatic hydroxyl groups excluding tert-OH is 1. The van der Waals surface area contributed by atoms with Gasteiger partial charge in [0.2, 0.25) is 10.0 Å². The van der Waals surface area contributed by atoms with Crippen molar-refractivity contribution in [3.63, 3.8) is 0 Å². The van der Waals surface area contributed by atoms with Gasteiger partial charge in [0.15, 0.2) is 0 Å². The minimum Gasteiger partial charge on any atom is -0.392 e. The standard InChI is InChI=1S/C17H17ClN4O3S/c18-14-7-12(26(24,25)22-6-5-11(23)9-22)2-3-13(14)15-4-1-10-8-20-17(19)16(10)21-15/h1-4,7,11,23H,5-6,8-9H2,(H2,19,20)/t11-/m0/s1. The monoisotopic (exact) mass is 392 g/mol. The van der Waals surface area contributed by atoms with E-state index in [1.54, 1.807) is 6.07 Å². The number of hydrogen-bond acceptors (Lipinski definition) is 6. The Bertz CT molecular complexity index is 1020. The number of nitrogens with two attached hydrogens (primary N) is 1. The summed E-state index contributed by atoms with van der Waals surface area (Å²) in [6.07, 6.45) is -0.185. The number of rotatable bonds is 3. The van der Waals surface area contributed by atoms with E-state index in [4.69, 9.17) is 17.3 Å². The average molecular weight is 393 g/mol. The first-order valence-corrected chi connectivity index (χ1v) is 9.96. The van der Waals surface area contributed by atoms with Crippen molar-refractivity contribution in [3.8, 4) is 11.3 Å². The third-order valence-electron chi connectivity index (χ3n) is 4.62. The van der Waals surface area contributed by atoms with Crippen molar-refractivity contribution in [1.29, 1.82) is 0 Å². The largest absolute Gasteiger partial charge is 0.392 e. The van der Waals surface area contributed by atoms with Gasteiger partial charge in [0.25, 0.3) is 0 Å². The Hall–Kier alpha value is -2.00. The van der Waals surface area contributed by atoms with E-state index in [0.29, 0.717) is 42.3 Å². The van der Waals surface area contributed by atoms with Crippen LogP contribution in [0.15, 0.2) is 40.2 Å². The lowest BCUT2D eigenvalue weighted by Crippen LogP contribution is -2.29. The number of amidine groups is 1. The SMILES string of the molecule is NC1=NCc2ccc(-c3ccc(S(=O)(=O)N4CC[C@H](O)C4)cc3Cl)nc21. The van der Waals surface area contributed by atoms with Crippen molar-refractivity contribution in [2.45, 2.75) is 24.0 Å². The van der Waals surface area contributed by atoms with Crippen LogP contribution in [0.5, 0.6) is 0 Å². The summed E-state index contributed by atoms with van der Waals surface area (Å²) in [7, 11) is -3.68. The fraction of sp³-hybridized carbons (Fsp3) is 0.294. The minimum atomic E-state index is -3.68. The Labute approximate surface area is 156 Å². The van der Waals surface area contributed by atoms with Gasteiger partial charge in [-0.25, -0.2) is 13.4 Å². The Morgan fingerprint density at radius 1 is 1.27 bits per heavy atom. The van der Waals surface area contributed by atoms with Crippen LogP contribution in [0.1, 0.15) is 17.7 Å². The van der Waals surface area contributed by atoms with Gasteiger partial charge in [0.1, 0.15) is 11.5 Å². The number of hydrogen-bond donors (Lipinski definition) is 2. The van der Waals surface area contributed by atoms with Crippen LogP contribution in [0, 0.1) is 0 Å². The Kier molecular flexibility index (Phi) is 4.23. The van der Waals surface area contributed by atoms with E-state index in [9.17, 15) is 13.5 Å². The highest BCUT2D eigenvalue weighted by molar-refractivity contribution is 7.89. The molecule has 2 aliphatic rings. The summed E-state index contributed by atoms with van der Waals surface area (Å²) >= 11 is 6.36. The van der Waals surface area contributed by atoms with Crippen molar-refractivity contribution >= 4 is 27.5 Å². The molecule has 26 heavy (non-hydrogen) atoms. The van der Waals surface area contributed by atoms with Gasteiger partial charge < -0.3 is 10.8 Å². The maximum absolute atomic E-state index is 12.7. The molecule has 2 aromatic rings. The molecule has 136 valence electrons. The molecule has 0 amide bonds. The molecule has 4 rings (SSSR count). The van der Waals surface area contributed by atoms with Crippen molar-refractivity contribution in [3.05, 3.63) is 46.6 Å². The van der Waals surface area contributed by atoms with Crippen LogP contribution >= 0.6 is 11.6 Å². The molecule has 1 aromatic heterocycles. The molecule has 3 N–H and O–H groups in total. The molecule has 3 heterocycles. The molecule has 0 unspecified atom stereocenters. The van der Waals surface area contributed by atoms with E-state index >= 15 is 0 Å². The summed E-state index contributed by atoms with van der Waals surface area (Å²) in [5.41, 5.74) is 8.66. The number of halogens is 1. The lowest BCUT2D eigenvalue weighted by atomic mass is 10.1. The van der Waals surface area contributed by atoms with Crippen LogP contribution in [0.2, 0.25) is 5.02 Å². The fourth-order valence-corrected chi connectivity index (χ4v) is 5.04. The Morgan fingerprint density at radius 3 is 2.77 bits per heavy atom. The van der Waals surface area contributed by atoms with Crippen LogP contribution in [-0.2, 0) is 16.6 Å². The zero-order chi connectivity index (χ0) is 18.5. The second-order valence-corrected chi connectivity index (χ2v) is 8.70. The maximum atomic E-state index is 12.7. The molecule has 1 aromatic carbocycles. The summed E-state index contributed by atoms with van der Waals surface area (Å²) in [5, 5.41) is 9.88. The van der Waals surface area contributed by atoms with Crippen LogP contribution in [0.3, 0.4) is 0 Å². The number of nitrogens with zero attached hydrogens (tertiary/aromatic N) is 3. The maximum Gasteiger partial charge on any atom is 0.243 e. The van der Waals surface area contributed by atoms with Gasteiger partial charge in [-0.1, -0.05) is 17.7 Å². The van der Waals surface area contributed by atoms with E-state index in [1.165, 1.54) is 16.4 Å². The molecule has 0 bridgehead atoms. The van der Waals surface area contributed by atoms with Crippen molar-refractivity contribution in [1.82, 2.24) is 9.29 Å². The normalized spacial score (nSPS) is 20.2. The number of aliphatic imine (C=N–C) groups is 1. The first-order chi connectivity index (χ1) is 12.4. The smallest absolute Gasteiger partial charge is 0.243 e. The highest BCUT2D eigenvalue weighted by Crippen LogP contribution is 2.32. The molecule has 0 saturated carbocycles. The van der Waals surface area contributed by atoms with Crippen LogP contribution in [-0.4, -0.2) is 47.8 Å². The third kappa shape index (κ3) is 2.88. The Balaban J connectivity index is 1.69. The highest BCUT2D eigenvalue weighted by atomic mass is 35.5. The number of benzene rings is 1. The van der Waals surface area contributed by atoms with E-state index in [-0.39, 0.29) is 16.5 Å². The topological polar surface area (TPSA) is 109 Å². The number of β-amino-alcohol motifs (C(OH)–C–C–N with tert-alkyl or cyclic N) is 1. The molecule has 0 aliphatic carbocycles. The summed E-state index contributed by atoms with van der Waals surface area (Å²) in [4.78, 5) is 8.76. The number of aromatic nitrogens is 1. The second kappa shape index (κ2) is 6.31. The summed E-state index contributed by atoms with van der Waals surface area (Å²) in [6, 6.07) is 8.28. The molecule has 1 atom stereocenters. The zero-order valence-electron chi connectivity index (χ0n) is 13.8. The number of pyridine rings is 1. The van der Waals surface area contributed by atoms with Crippen molar-refractivity contribution < 1.29 is 13.5 Å². The highest BCUT2D eigenvalue weighted by Gasteiger charge is 2.32. The van der Waals surface area contributed by atoms with Crippen LogP contribution in [0.25, 0.3) is 11.3 Å². The van der Waals surface area contributed by atoms with Gasteiger partial charge in [0.05, 0.1) is 28.3 Å². The molecule has 1 saturated heterocycles. The predicted molar refractivity (Wildman–Crippen MR) is 98.5 cm³/mol. The van der Waals surface area contributed by atoms with E-state index < -0.39 is 16.1 Å². The minimum absolute atomic E-state index is 0.0996. The molecule has 1 fully saturated rings. The average Bonchev–Trinajstić information content (AvgIpc) is 3.21. The summed E-state index contributed by atoms with van der Waals surface area (Å²) in [6.45, 7) is 0.918. The molecule has 0 radical (unpaired) electrons. The number of fused-ring (bicyclic) bond motifs is 1. The van der Waals surface area contributed by atoms with Gasteiger partial charge >= 0.3 is 0 Å². The third-order valence-corrected chi connectivity index (χ3v) is 6.80. The lowest BCUT2D eigenvalue weighted by Gasteiger charge is -2.16. The van der Waals surface area contributed by atoms with Gasteiger partial charge in [-0.2, -0.15) is 4.31 Å². The Morgan fingerprint density at radius 2 is 2.08 bits per heavy atom. The lowest BCUT2D eigenvalue weighted by molar-refractivity contribution is 0.189. The van der Waals surface area contributed by atoms with E-state index in [0.717, 1.165) is 5.56 Å². The van der Waals surface area contributed by atoms with E-state index in [1.807, 2.05) is 12.1 Å². The first-order valence-electron chi connectivity index (χ1n) is 8.14. The molecule has 2 aliphatic heterocycles. The van der Waals surface area contributed by atoms with Crippen molar-refractivity contribution in [2.24, 2.45) is 10.7 Å². The molecular formula is C17H17ClN4O3S. The van der Waals surface area contributed by atoms with E-state index in [2.05, 4.69) is 9.98 Å². The quantitative estimate of drug-likeness (QED) is 0.820. The predicted octanol–water partition coefficient (Wildman–Crippen LogP) is 1.38. The second-order valence-electron chi connectivity index (χ2n) is 6.35. The van der Waals surface area contributed by atoms with Crippen molar-refractivity contribution in [2.75, 3.05) is 13.1 Å². The van der Waals surface area contributed by atoms with Gasteiger partial charge in [-0.05, 0) is 30.7 Å². The van der Waals surface area contributed by atoms with Gasteiger partial charge in [0, 0.05) is 24.2 Å². The summed E-state index contributed by atoms with van der Waals surface area (Å²) in [5.74, 6) is 0.393. The zero-order valence-corrected chi connectivity index (χ0v) is 15.3. The summed E-state index contributed by atoms with van der Waals surface area (Å²) < 4.78 is 26.6. The van der Waals surface area contributed by atoms with Crippen LogP contribution < -0.4 is 5.73 Å². The van der Waals surface area contributed by atoms with Crippen LogP contribution in [0.4, 0.5) is 0 Å². The fourth-order valence-electron chi connectivity index (χ4n) is 3.17.